The van der Waals surface area contributed by atoms with E-state index in [2.05, 4.69) is 11.1 Å². The van der Waals surface area contributed by atoms with Gasteiger partial charge in [0.15, 0.2) is 0 Å². The fourth-order valence-electron chi connectivity index (χ4n) is 5.87. The molecule has 1 saturated heterocycles. The normalized spacial score (nSPS) is 16.3. The second kappa shape index (κ2) is 12.3. The maximum Gasteiger partial charge on any atom is 0.410 e. The van der Waals surface area contributed by atoms with Gasteiger partial charge in [-0.25, -0.2) is 9.69 Å². The zero-order valence-electron chi connectivity index (χ0n) is 25.7. The predicted molar refractivity (Wildman–Crippen MR) is 171 cm³/mol. The van der Waals surface area contributed by atoms with Crippen molar-refractivity contribution >= 4 is 35.2 Å². The molecule has 0 N–H and O–H groups in total. The Morgan fingerprint density at radius 1 is 1.07 bits per heavy atom. The number of imide groups is 1. The Labute approximate surface area is 271 Å². The van der Waals surface area contributed by atoms with E-state index in [1.165, 1.54) is 0 Å². The van der Waals surface area contributed by atoms with Crippen molar-refractivity contribution in [3.8, 4) is 17.5 Å². The number of hydrogen-bond acceptors (Lipinski definition) is 7. The first-order chi connectivity index (χ1) is 22.1. The number of anilines is 1. The van der Waals surface area contributed by atoms with Gasteiger partial charge in [0.1, 0.15) is 29.7 Å². The molecule has 234 valence electrons. The van der Waals surface area contributed by atoms with E-state index in [1.807, 2.05) is 39.0 Å². The van der Waals surface area contributed by atoms with Crippen LogP contribution >= 0.6 is 11.6 Å². The number of carbonyl (C=O) groups excluding carboxylic acids is 3. The van der Waals surface area contributed by atoms with Crippen molar-refractivity contribution in [1.82, 2.24) is 14.5 Å². The predicted octanol–water partition coefficient (Wildman–Crippen LogP) is 6.89. The largest absolute Gasteiger partial charge is 0.486 e. The Kier molecular flexibility index (Phi) is 8.28. The maximum atomic E-state index is 13.7. The first-order valence-electron chi connectivity index (χ1n) is 15.0. The number of pyridine rings is 1. The minimum Gasteiger partial charge on any atom is -0.486 e. The standard InChI is InChI=1S/C35H32ClN5O5/c1-35(2,3)46-34(44)39-16-8-9-22(19-39)27-20-40(24-13-14-30(28(36)17-24)45-21-23-10-6-7-15-38-23)29(18-37)31(27)41-32(42)25-11-4-5-12-26(25)33(41)43/h4-7,10-15,17,20,22H,8-9,16,19,21H2,1-3H3. The third-order valence-corrected chi connectivity index (χ3v) is 8.23. The average Bonchev–Trinajstić information content (AvgIpc) is 3.54. The average molecular weight is 638 g/mol. The topological polar surface area (TPSA) is 118 Å². The lowest BCUT2D eigenvalue weighted by Gasteiger charge is -2.34. The van der Waals surface area contributed by atoms with Gasteiger partial charge in [-0.3, -0.25) is 14.6 Å². The summed E-state index contributed by atoms with van der Waals surface area (Å²) in [6.45, 7) is 6.46. The highest BCUT2D eigenvalue weighted by Crippen LogP contribution is 2.42. The number of likely N-dealkylation sites (tertiary alicyclic amines) is 1. The summed E-state index contributed by atoms with van der Waals surface area (Å²) < 4.78 is 13.2. The van der Waals surface area contributed by atoms with Gasteiger partial charge in [0, 0.05) is 42.7 Å². The summed E-state index contributed by atoms with van der Waals surface area (Å²) in [6, 6.07) is 19.5. The molecule has 0 saturated carbocycles. The van der Waals surface area contributed by atoms with Gasteiger partial charge in [-0.15, -0.1) is 0 Å². The van der Waals surface area contributed by atoms with Crippen LogP contribution in [0.3, 0.4) is 0 Å². The molecule has 6 rings (SSSR count). The number of carbonyl (C=O) groups is 3. The summed E-state index contributed by atoms with van der Waals surface area (Å²) in [7, 11) is 0. The van der Waals surface area contributed by atoms with E-state index in [-0.39, 0.29) is 35.0 Å². The lowest BCUT2D eigenvalue weighted by Crippen LogP contribution is -2.42. The van der Waals surface area contributed by atoms with Crippen LogP contribution in [0.5, 0.6) is 5.75 Å². The molecule has 2 aliphatic rings. The van der Waals surface area contributed by atoms with Crippen LogP contribution in [-0.4, -0.2) is 51.0 Å². The molecule has 0 radical (unpaired) electrons. The second-order valence-electron chi connectivity index (χ2n) is 12.2. The van der Waals surface area contributed by atoms with Gasteiger partial charge < -0.3 is 18.9 Å². The number of nitrogens with zero attached hydrogens (tertiary/aromatic N) is 5. The fourth-order valence-corrected chi connectivity index (χ4v) is 6.10. The van der Waals surface area contributed by atoms with Crippen LogP contribution in [0.25, 0.3) is 5.69 Å². The quantitative estimate of drug-likeness (QED) is 0.211. The minimum atomic E-state index is -0.667. The van der Waals surface area contributed by atoms with Crippen LogP contribution in [0.1, 0.15) is 77.2 Å². The van der Waals surface area contributed by atoms with Crippen LogP contribution in [0.4, 0.5) is 10.5 Å². The molecule has 3 amide bonds. The smallest absolute Gasteiger partial charge is 0.410 e. The number of fused-ring (bicyclic) bond motifs is 1. The molecule has 2 aliphatic heterocycles. The van der Waals surface area contributed by atoms with Gasteiger partial charge in [0.25, 0.3) is 11.8 Å². The van der Waals surface area contributed by atoms with E-state index in [9.17, 15) is 19.6 Å². The summed E-state index contributed by atoms with van der Waals surface area (Å²) in [4.78, 5) is 47.5. The molecule has 1 atom stereocenters. The zero-order chi connectivity index (χ0) is 32.6. The van der Waals surface area contributed by atoms with Crippen molar-refractivity contribution in [2.24, 2.45) is 0 Å². The summed E-state index contributed by atoms with van der Waals surface area (Å²) in [6.07, 6.45) is 4.35. The third kappa shape index (κ3) is 5.94. The number of amides is 3. The molecule has 1 fully saturated rings. The molecule has 46 heavy (non-hydrogen) atoms. The second-order valence-corrected chi connectivity index (χ2v) is 12.7. The van der Waals surface area contributed by atoms with E-state index < -0.39 is 23.5 Å². The molecule has 2 aromatic heterocycles. The molecule has 4 aromatic rings. The summed E-state index contributed by atoms with van der Waals surface area (Å²) in [5.74, 6) is -0.868. The maximum absolute atomic E-state index is 13.7. The van der Waals surface area contributed by atoms with Gasteiger partial charge in [-0.2, -0.15) is 5.26 Å². The van der Waals surface area contributed by atoms with Crippen LogP contribution in [0, 0.1) is 11.3 Å². The lowest BCUT2D eigenvalue weighted by molar-refractivity contribution is 0.0198. The first kappa shape index (κ1) is 30.9. The van der Waals surface area contributed by atoms with Crippen LogP contribution < -0.4 is 9.64 Å². The van der Waals surface area contributed by atoms with E-state index >= 15 is 0 Å². The molecule has 2 aromatic carbocycles. The highest BCUT2D eigenvalue weighted by Gasteiger charge is 2.42. The molecule has 11 heteroatoms. The number of nitriles is 1. The minimum absolute atomic E-state index is 0.0946. The number of hydrogen-bond donors (Lipinski definition) is 0. The van der Waals surface area contributed by atoms with Crippen molar-refractivity contribution < 1.29 is 23.9 Å². The van der Waals surface area contributed by atoms with Crippen LogP contribution in [0.2, 0.25) is 5.02 Å². The van der Waals surface area contributed by atoms with Crippen molar-refractivity contribution in [3.63, 3.8) is 0 Å². The Morgan fingerprint density at radius 3 is 2.41 bits per heavy atom. The molecule has 10 nitrogen and oxygen atoms in total. The Hall–Kier alpha value is -5.14. The van der Waals surface area contributed by atoms with Crippen molar-refractivity contribution in [1.29, 1.82) is 5.26 Å². The van der Waals surface area contributed by atoms with E-state index in [4.69, 9.17) is 21.1 Å². The number of aromatic nitrogens is 2. The summed E-state index contributed by atoms with van der Waals surface area (Å²) in [5, 5.41) is 10.9. The number of ether oxygens (including phenoxy) is 2. The van der Waals surface area contributed by atoms with E-state index in [0.29, 0.717) is 48.0 Å². The van der Waals surface area contributed by atoms with E-state index in [0.717, 1.165) is 10.6 Å². The fraction of sp³-hybridized carbons (Fsp3) is 0.286. The first-order valence-corrected chi connectivity index (χ1v) is 15.4. The molecule has 0 aliphatic carbocycles. The monoisotopic (exact) mass is 637 g/mol. The van der Waals surface area contributed by atoms with Crippen LogP contribution in [-0.2, 0) is 11.3 Å². The SMILES string of the molecule is CC(C)(C)OC(=O)N1CCCC(c2cn(-c3ccc(OCc4ccccn4)c(Cl)c3)c(C#N)c2N2C(=O)c3ccccc3C2=O)C1. The lowest BCUT2D eigenvalue weighted by atomic mass is 9.91. The molecule has 0 bridgehead atoms. The highest BCUT2D eigenvalue weighted by molar-refractivity contribution is 6.35. The van der Waals surface area contributed by atoms with Gasteiger partial charge in [0.05, 0.1) is 27.5 Å². The van der Waals surface area contributed by atoms with Gasteiger partial charge >= 0.3 is 6.09 Å². The summed E-state index contributed by atoms with van der Waals surface area (Å²) in [5.41, 5.74) is 2.05. The molecular weight excluding hydrogens is 606 g/mol. The molecular formula is C35H32ClN5O5. The Balaban J connectivity index is 1.41. The van der Waals surface area contributed by atoms with Gasteiger partial charge in [-0.05, 0) is 76.1 Å². The third-order valence-electron chi connectivity index (χ3n) is 7.94. The van der Waals surface area contributed by atoms with Gasteiger partial charge in [-0.1, -0.05) is 29.8 Å². The zero-order valence-corrected chi connectivity index (χ0v) is 26.5. The molecule has 4 heterocycles. The Bertz CT molecular complexity index is 1840. The molecule has 0 spiro atoms. The number of piperidine rings is 1. The number of rotatable bonds is 6. The number of halogens is 1. The Morgan fingerprint density at radius 2 is 1.78 bits per heavy atom. The van der Waals surface area contributed by atoms with Crippen molar-refractivity contribution in [2.75, 3.05) is 18.0 Å². The van der Waals surface area contributed by atoms with E-state index in [1.54, 1.807) is 64.3 Å². The molecule has 1 unspecified atom stereocenters. The summed E-state index contributed by atoms with van der Waals surface area (Å²) >= 11 is 6.66. The van der Waals surface area contributed by atoms with Crippen molar-refractivity contribution in [3.05, 3.63) is 106 Å². The van der Waals surface area contributed by atoms with Crippen LogP contribution in [0.15, 0.2) is 73.1 Å². The van der Waals surface area contributed by atoms with Gasteiger partial charge in [0.2, 0.25) is 0 Å². The highest BCUT2D eigenvalue weighted by atomic mass is 35.5. The number of benzene rings is 2. The van der Waals surface area contributed by atoms with Crippen molar-refractivity contribution in [2.45, 2.75) is 51.7 Å².